The Morgan fingerprint density at radius 3 is 2.38 bits per heavy atom. The highest BCUT2D eigenvalue weighted by atomic mass is 16.5. The number of hydrogen-bond acceptors (Lipinski definition) is 6. The average Bonchev–Trinajstić information content (AvgIpc) is 3.11. The van der Waals surface area contributed by atoms with E-state index >= 15 is 0 Å². The van der Waals surface area contributed by atoms with Gasteiger partial charge < -0.3 is 24.4 Å². The van der Waals surface area contributed by atoms with Gasteiger partial charge in [0.05, 0.1) is 24.8 Å². The number of nitrogens with zero attached hydrogens (tertiary/aromatic N) is 2. The molecule has 1 unspecified atom stereocenters. The first-order valence-corrected chi connectivity index (χ1v) is 13.0. The van der Waals surface area contributed by atoms with Crippen LogP contribution in [0.25, 0.3) is 5.76 Å². The normalized spacial score (nSPS) is 17.2. The SMILES string of the molecule is CCCCOc1ccc(C2C(=C(O)c3ccc(OCC(C)C)c(C)c3)C(=O)C(=O)N2CCN(C)C)cc1. The van der Waals surface area contributed by atoms with Gasteiger partial charge in [0.25, 0.3) is 11.7 Å². The molecule has 1 aliphatic heterocycles. The molecule has 1 aliphatic rings. The van der Waals surface area contributed by atoms with Gasteiger partial charge in [-0.3, -0.25) is 9.59 Å². The quantitative estimate of drug-likeness (QED) is 0.184. The Bertz CT molecular complexity index is 1120. The lowest BCUT2D eigenvalue weighted by Crippen LogP contribution is -2.35. The summed E-state index contributed by atoms with van der Waals surface area (Å²) in [6, 6.07) is 12.1. The first kappa shape index (κ1) is 28.3. The van der Waals surface area contributed by atoms with Gasteiger partial charge in [-0.2, -0.15) is 0 Å². The minimum Gasteiger partial charge on any atom is -0.507 e. The van der Waals surface area contributed by atoms with Crippen LogP contribution in [-0.4, -0.2) is 67.0 Å². The van der Waals surface area contributed by atoms with E-state index in [4.69, 9.17) is 9.47 Å². The van der Waals surface area contributed by atoms with Crippen LogP contribution in [0.15, 0.2) is 48.0 Å². The van der Waals surface area contributed by atoms with Crippen molar-refractivity contribution in [3.05, 3.63) is 64.7 Å². The number of benzene rings is 2. The van der Waals surface area contributed by atoms with Crippen molar-refractivity contribution in [2.45, 2.75) is 46.6 Å². The largest absolute Gasteiger partial charge is 0.507 e. The Morgan fingerprint density at radius 1 is 1.08 bits per heavy atom. The molecule has 0 radical (unpaired) electrons. The molecule has 200 valence electrons. The first-order valence-electron chi connectivity index (χ1n) is 13.0. The zero-order valence-electron chi connectivity index (χ0n) is 22.9. The number of likely N-dealkylation sites (tertiary alicyclic amines) is 1. The van der Waals surface area contributed by atoms with Crippen molar-refractivity contribution in [1.29, 1.82) is 0 Å². The lowest BCUT2D eigenvalue weighted by Gasteiger charge is -2.26. The minimum atomic E-state index is -0.693. The third kappa shape index (κ3) is 6.92. The van der Waals surface area contributed by atoms with E-state index in [-0.39, 0.29) is 11.3 Å². The van der Waals surface area contributed by atoms with E-state index in [1.54, 1.807) is 23.1 Å². The number of unbranched alkanes of at least 4 members (excludes halogenated alkanes) is 1. The van der Waals surface area contributed by atoms with Gasteiger partial charge >= 0.3 is 0 Å². The van der Waals surface area contributed by atoms with E-state index in [1.165, 1.54) is 0 Å². The highest BCUT2D eigenvalue weighted by molar-refractivity contribution is 6.46. The number of aliphatic hydroxyl groups is 1. The zero-order chi connectivity index (χ0) is 27.1. The summed E-state index contributed by atoms with van der Waals surface area (Å²) in [7, 11) is 3.83. The van der Waals surface area contributed by atoms with Crippen LogP contribution in [0, 0.1) is 12.8 Å². The third-order valence-electron chi connectivity index (χ3n) is 6.31. The van der Waals surface area contributed by atoms with E-state index in [1.807, 2.05) is 50.2 Å². The fourth-order valence-corrected chi connectivity index (χ4v) is 4.22. The number of hydrogen-bond donors (Lipinski definition) is 1. The molecule has 1 atom stereocenters. The van der Waals surface area contributed by atoms with Gasteiger partial charge in [0.1, 0.15) is 17.3 Å². The molecule has 7 nitrogen and oxygen atoms in total. The zero-order valence-corrected chi connectivity index (χ0v) is 22.9. The smallest absolute Gasteiger partial charge is 0.295 e. The maximum Gasteiger partial charge on any atom is 0.295 e. The molecule has 1 amide bonds. The molecule has 1 fully saturated rings. The van der Waals surface area contributed by atoms with Crippen molar-refractivity contribution in [3.8, 4) is 11.5 Å². The fraction of sp³-hybridized carbons (Fsp3) is 0.467. The lowest BCUT2D eigenvalue weighted by molar-refractivity contribution is -0.140. The average molecular weight is 509 g/mol. The Kier molecular flexibility index (Phi) is 9.75. The van der Waals surface area contributed by atoms with E-state index in [2.05, 4.69) is 20.8 Å². The minimum absolute atomic E-state index is 0.0960. The number of ketones is 1. The summed E-state index contributed by atoms with van der Waals surface area (Å²) in [5, 5.41) is 11.4. The second-order valence-corrected chi connectivity index (χ2v) is 10.3. The van der Waals surface area contributed by atoms with Crippen molar-refractivity contribution in [2.75, 3.05) is 40.4 Å². The molecular formula is C30H40N2O5. The summed E-state index contributed by atoms with van der Waals surface area (Å²) >= 11 is 0. The van der Waals surface area contributed by atoms with Crippen molar-refractivity contribution in [1.82, 2.24) is 9.80 Å². The summed E-state index contributed by atoms with van der Waals surface area (Å²) in [4.78, 5) is 29.9. The molecule has 0 bridgehead atoms. The maximum atomic E-state index is 13.3. The number of ether oxygens (including phenoxy) is 2. The van der Waals surface area contributed by atoms with Gasteiger partial charge in [-0.05, 0) is 74.8 Å². The first-order chi connectivity index (χ1) is 17.6. The number of carbonyl (C=O) groups excluding carboxylic acids is 2. The van der Waals surface area contributed by atoms with Gasteiger partial charge in [0.15, 0.2) is 0 Å². The summed E-state index contributed by atoms with van der Waals surface area (Å²) in [6.07, 6.45) is 2.01. The molecule has 1 N–H and O–H groups in total. The molecule has 0 aliphatic carbocycles. The number of rotatable bonds is 12. The monoisotopic (exact) mass is 508 g/mol. The van der Waals surface area contributed by atoms with Crippen LogP contribution < -0.4 is 9.47 Å². The van der Waals surface area contributed by atoms with Crippen molar-refractivity contribution in [2.24, 2.45) is 5.92 Å². The van der Waals surface area contributed by atoms with Crippen LogP contribution in [0.2, 0.25) is 0 Å². The topological polar surface area (TPSA) is 79.3 Å². The van der Waals surface area contributed by atoms with Crippen LogP contribution in [0.1, 0.15) is 56.3 Å². The Labute approximate surface area is 220 Å². The molecule has 7 heteroatoms. The van der Waals surface area contributed by atoms with Crippen molar-refractivity contribution in [3.63, 3.8) is 0 Å². The van der Waals surface area contributed by atoms with Crippen LogP contribution in [0.3, 0.4) is 0 Å². The van der Waals surface area contributed by atoms with Crippen LogP contribution >= 0.6 is 0 Å². The summed E-state index contributed by atoms with van der Waals surface area (Å²) in [6.45, 7) is 10.3. The molecule has 2 aromatic carbocycles. The number of aliphatic hydroxyl groups excluding tert-OH is 1. The number of likely N-dealkylation sites (N-methyl/N-ethyl adjacent to an activating group) is 1. The standard InChI is InChI=1S/C30H40N2O5/c1-7-8-17-36-24-12-9-22(10-13-24)27-26(29(34)30(35)32(27)16-15-31(5)6)28(33)23-11-14-25(21(4)18-23)37-19-20(2)3/h9-14,18,20,27,33H,7-8,15-17,19H2,1-6H3. The predicted molar refractivity (Wildman–Crippen MR) is 146 cm³/mol. The number of aryl methyl sites for hydroxylation is 1. The van der Waals surface area contributed by atoms with E-state index < -0.39 is 17.7 Å². The van der Waals surface area contributed by atoms with Gasteiger partial charge in [-0.25, -0.2) is 0 Å². The molecule has 0 saturated carbocycles. The Balaban J connectivity index is 2.01. The number of amides is 1. The van der Waals surface area contributed by atoms with Crippen LogP contribution in [0.4, 0.5) is 0 Å². The van der Waals surface area contributed by atoms with E-state index in [9.17, 15) is 14.7 Å². The van der Waals surface area contributed by atoms with Crippen LogP contribution in [0.5, 0.6) is 11.5 Å². The van der Waals surface area contributed by atoms with Crippen LogP contribution in [-0.2, 0) is 9.59 Å². The second kappa shape index (κ2) is 12.8. The Hall–Kier alpha value is -3.32. The van der Waals surface area contributed by atoms with Gasteiger partial charge in [0.2, 0.25) is 0 Å². The van der Waals surface area contributed by atoms with Crippen molar-refractivity contribution >= 4 is 17.4 Å². The molecule has 0 aromatic heterocycles. The highest BCUT2D eigenvalue weighted by Crippen LogP contribution is 2.40. The molecule has 0 spiro atoms. The molecule has 3 rings (SSSR count). The highest BCUT2D eigenvalue weighted by Gasteiger charge is 2.45. The summed E-state index contributed by atoms with van der Waals surface area (Å²) in [5.41, 5.74) is 2.16. The predicted octanol–water partition coefficient (Wildman–Crippen LogP) is 5.19. The number of carbonyl (C=O) groups is 2. The lowest BCUT2D eigenvalue weighted by atomic mass is 9.94. The molecule has 37 heavy (non-hydrogen) atoms. The van der Waals surface area contributed by atoms with E-state index in [0.717, 1.165) is 35.5 Å². The molecule has 1 saturated heterocycles. The van der Waals surface area contributed by atoms with Gasteiger partial charge in [-0.1, -0.05) is 39.3 Å². The molecule has 1 heterocycles. The van der Waals surface area contributed by atoms with E-state index in [0.29, 0.717) is 37.8 Å². The summed E-state index contributed by atoms with van der Waals surface area (Å²) in [5.74, 6) is 0.376. The molecular weight excluding hydrogens is 468 g/mol. The fourth-order valence-electron chi connectivity index (χ4n) is 4.22. The Morgan fingerprint density at radius 2 is 1.78 bits per heavy atom. The third-order valence-corrected chi connectivity index (χ3v) is 6.31. The van der Waals surface area contributed by atoms with Crippen molar-refractivity contribution < 1.29 is 24.2 Å². The summed E-state index contributed by atoms with van der Waals surface area (Å²) < 4.78 is 11.6. The number of Topliss-reactive ketones (excluding diaryl/α,β-unsaturated/α-hetero) is 1. The van der Waals surface area contributed by atoms with Gasteiger partial charge in [-0.15, -0.1) is 0 Å². The maximum absolute atomic E-state index is 13.3. The second-order valence-electron chi connectivity index (χ2n) is 10.3. The van der Waals surface area contributed by atoms with Gasteiger partial charge in [0, 0.05) is 18.7 Å². The molecule has 2 aromatic rings.